The third-order valence-electron chi connectivity index (χ3n) is 2.79. The molecule has 1 N–H and O–H groups in total. The van der Waals surface area contributed by atoms with E-state index in [4.69, 9.17) is 11.2 Å². The summed E-state index contributed by atoms with van der Waals surface area (Å²) in [4.78, 5) is 24.2. The van der Waals surface area contributed by atoms with E-state index in [-0.39, 0.29) is 24.5 Å². The maximum atomic E-state index is 12.3. The highest BCUT2D eigenvalue weighted by Crippen LogP contribution is 2.27. The normalized spacial score (nSPS) is 14.4. The quantitative estimate of drug-likeness (QED) is 0.471. The molecule has 0 heterocycles. The molecule has 4 heteroatoms. The molecule has 0 spiro atoms. The Kier molecular flexibility index (Phi) is 6.61. The van der Waals surface area contributed by atoms with E-state index in [1.165, 1.54) is 0 Å². The Hall–Kier alpha value is -1.50. The molecule has 0 aliphatic carbocycles. The lowest BCUT2D eigenvalue weighted by Gasteiger charge is -2.29. The van der Waals surface area contributed by atoms with Crippen LogP contribution in [-0.4, -0.2) is 24.5 Å². The molecule has 0 saturated carbocycles. The number of carbonyl (C=O) groups excluding carboxylic acids is 2. The minimum atomic E-state index is -0.859. The summed E-state index contributed by atoms with van der Waals surface area (Å²) in [6, 6.07) is -0.383. The van der Waals surface area contributed by atoms with Gasteiger partial charge in [-0.25, -0.2) is 0 Å². The minimum Gasteiger partial charge on any atom is -0.465 e. The van der Waals surface area contributed by atoms with Gasteiger partial charge in [-0.2, -0.15) is 0 Å². The van der Waals surface area contributed by atoms with Crippen molar-refractivity contribution in [2.24, 2.45) is 17.3 Å². The first-order valence-corrected chi connectivity index (χ1v) is 6.58. The van der Waals surface area contributed by atoms with Gasteiger partial charge >= 0.3 is 5.97 Å². The van der Waals surface area contributed by atoms with Crippen molar-refractivity contribution in [3.63, 3.8) is 0 Å². The Morgan fingerprint density at radius 2 is 1.84 bits per heavy atom. The first-order valence-electron chi connectivity index (χ1n) is 6.58. The van der Waals surface area contributed by atoms with Crippen molar-refractivity contribution in [2.45, 2.75) is 47.6 Å². The summed E-state index contributed by atoms with van der Waals surface area (Å²) in [6.45, 7) is 11.3. The van der Waals surface area contributed by atoms with Crippen molar-refractivity contribution in [3.8, 4) is 12.3 Å². The summed E-state index contributed by atoms with van der Waals surface area (Å²) in [7, 11) is 0. The van der Waals surface area contributed by atoms with E-state index < -0.39 is 17.3 Å². The van der Waals surface area contributed by atoms with Crippen LogP contribution in [0.25, 0.3) is 0 Å². The van der Waals surface area contributed by atoms with E-state index >= 15 is 0 Å². The van der Waals surface area contributed by atoms with Crippen LogP contribution in [0.2, 0.25) is 0 Å². The fourth-order valence-corrected chi connectivity index (χ4v) is 1.72. The number of amides is 1. The smallest absolute Gasteiger partial charge is 0.319 e. The van der Waals surface area contributed by atoms with Crippen LogP contribution in [0.1, 0.15) is 41.5 Å². The van der Waals surface area contributed by atoms with Gasteiger partial charge in [-0.1, -0.05) is 40.5 Å². The number of rotatable bonds is 5. The van der Waals surface area contributed by atoms with E-state index in [9.17, 15) is 9.59 Å². The Bertz CT molecular complexity index is 361. The molecule has 108 valence electrons. The van der Waals surface area contributed by atoms with Gasteiger partial charge in [-0.05, 0) is 18.3 Å². The maximum Gasteiger partial charge on any atom is 0.319 e. The van der Waals surface area contributed by atoms with Crippen LogP contribution in [0.5, 0.6) is 0 Å². The molecule has 19 heavy (non-hydrogen) atoms. The second kappa shape index (κ2) is 7.18. The van der Waals surface area contributed by atoms with Crippen molar-refractivity contribution >= 4 is 11.9 Å². The zero-order valence-electron chi connectivity index (χ0n) is 12.7. The molecule has 4 nitrogen and oxygen atoms in total. The molecule has 0 aromatic carbocycles. The average Bonchev–Trinajstić information content (AvgIpc) is 2.23. The molecule has 0 rings (SSSR count). The lowest BCUT2D eigenvalue weighted by molar-refractivity contribution is -0.156. The van der Waals surface area contributed by atoms with Crippen molar-refractivity contribution in [1.29, 1.82) is 0 Å². The highest BCUT2D eigenvalue weighted by Gasteiger charge is 2.39. The molecule has 0 aliphatic rings. The maximum absolute atomic E-state index is 12.3. The van der Waals surface area contributed by atoms with E-state index in [1.807, 2.05) is 34.6 Å². The van der Waals surface area contributed by atoms with Crippen LogP contribution in [0.4, 0.5) is 0 Å². The van der Waals surface area contributed by atoms with Gasteiger partial charge in [0.1, 0.15) is 5.92 Å². The predicted molar refractivity (Wildman–Crippen MR) is 75.2 cm³/mol. The summed E-state index contributed by atoms with van der Waals surface area (Å²) in [6.07, 6.45) is 5.39. The fraction of sp³-hybridized carbons (Fsp3) is 0.733. The van der Waals surface area contributed by atoms with Gasteiger partial charge in [0.25, 0.3) is 0 Å². The summed E-state index contributed by atoms with van der Waals surface area (Å²) in [5, 5.41) is 2.74. The molecule has 2 atom stereocenters. The number of hydrogen-bond donors (Lipinski definition) is 1. The molecule has 1 amide bonds. The molecule has 0 aromatic heterocycles. The van der Waals surface area contributed by atoms with Crippen LogP contribution >= 0.6 is 0 Å². The molecular weight excluding hydrogens is 242 g/mol. The standard InChI is InChI=1S/C15H25NO3/c1-8-11(10(3)4)16-13(17)12(15(5,6)7)14(18)19-9-2/h1,10-12H,9H2,2-7H3,(H,16,17). The van der Waals surface area contributed by atoms with Gasteiger partial charge in [0.2, 0.25) is 5.91 Å². The Morgan fingerprint density at radius 1 is 1.32 bits per heavy atom. The van der Waals surface area contributed by atoms with Crippen molar-refractivity contribution in [3.05, 3.63) is 0 Å². The third kappa shape index (κ3) is 5.34. The van der Waals surface area contributed by atoms with E-state index in [0.29, 0.717) is 0 Å². The number of carbonyl (C=O) groups is 2. The summed E-state index contributed by atoms with van der Waals surface area (Å²) in [5.74, 6) is 0.895. The van der Waals surface area contributed by atoms with Gasteiger partial charge < -0.3 is 10.1 Å². The lowest BCUT2D eigenvalue weighted by atomic mass is 9.80. The highest BCUT2D eigenvalue weighted by atomic mass is 16.5. The topological polar surface area (TPSA) is 55.4 Å². The predicted octanol–water partition coefficient (Wildman–Crippen LogP) is 1.99. The lowest BCUT2D eigenvalue weighted by Crippen LogP contribution is -2.48. The molecule has 0 fully saturated rings. The van der Waals surface area contributed by atoms with Crippen LogP contribution in [0, 0.1) is 29.6 Å². The molecule has 0 aromatic rings. The highest BCUT2D eigenvalue weighted by molar-refractivity contribution is 5.98. The fourth-order valence-electron chi connectivity index (χ4n) is 1.72. The Labute approximate surface area is 116 Å². The number of ether oxygens (including phenoxy) is 1. The largest absolute Gasteiger partial charge is 0.465 e. The number of terminal acetylenes is 1. The first kappa shape index (κ1) is 17.5. The van der Waals surface area contributed by atoms with Crippen LogP contribution in [0.15, 0.2) is 0 Å². The second-order valence-electron chi connectivity index (χ2n) is 5.95. The van der Waals surface area contributed by atoms with Gasteiger partial charge in [0.05, 0.1) is 12.6 Å². The second-order valence-corrected chi connectivity index (χ2v) is 5.95. The monoisotopic (exact) mass is 267 g/mol. The first-order chi connectivity index (χ1) is 8.65. The van der Waals surface area contributed by atoms with Crippen LogP contribution < -0.4 is 5.32 Å². The van der Waals surface area contributed by atoms with Crippen molar-refractivity contribution in [1.82, 2.24) is 5.32 Å². The van der Waals surface area contributed by atoms with Crippen molar-refractivity contribution < 1.29 is 14.3 Å². The van der Waals surface area contributed by atoms with Gasteiger partial charge in [0, 0.05) is 0 Å². The van der Waals surface area contributed by atoms with Gasteiger partial charge in [-0.15, -0.1) is 6.42 Å². The summed E-state index contributed by atoms with van der Waals surface area (Å²) < 4.78 is 4.98. The number of esters is 1. The minimum absolute atomic E-state index is 0.108. The van der Waals surface area contributed by atoms with Gasteiger partial charge in [0.15, 0.2) is 0 Å². The number of nitrogens with one attached hydrogen (secondary N) is 1. The zero-order valence-corrected chi connectivity index (χ0v) is 12.7. The number of hydrogen-bond acceptors (Lipinski definition) is 3. The van der Waals surface area contributed by atoms with Crippen LogP contribution in [-0.2, 0) is 14.3 Å². The zero-order chi connectivity index (χ0) is 15.2. The Morgan fingerprint density at radius 3 is 2.16 bits per heavy atom. The van der Waals surface area contributed by atoms with E-state index in [0.717, 1.165) is 0 Å². The summed E-state index contributed by atoms with van der Waals surface area (Å²) in [5.41, 5.74) is -0.521. The van der Waals surface area contributed by atoms with Crippen molar-refractivity contribution in [2.75, 3.05) is 6.61 Å². The van der Waals surface area contributed by atoms with Crippen LogP contribution in [0.3, 0.4) is 0 Å². The Balaban J connectivity index is 5.04. The van der Waals surface area contributed by atoms with Gasteiger partial charge in [-0.3, -0.25) is 9.59 Å². The molecule has 0 saturated heterocycles. The average molecular weight is 267 g/mol. The van der Waals surface area contributed by atoms with E-state index in [1.54, 1.807) is 6.92 Å². The summed E-state index contributed by atoms with van der Waals surface area (Å²) >= 11 is 0. The molecule has 2 unspecified atom stereocenters. The molecule has 0 radical (unpaired) electrons. The molecule has 0 aliphatic heterocycles. The molecular formula is C15H25NO3. The molecule has 0 bridgehead atoms. The SMILES string of the molecule is C#CC(NC(=O)C(C(=O)OCC)C(C)(C)C)C(C)C. The third-order valence-corrected chi connectivity index (χ3v) is 2.79. The van der Waals surface area contributed by atoms with E-state index in [2.05, 4.69) is 11.2 Å².